The lowest BCUT2D eigenvalue weighted by molar-refractivity contribution is -0.138. The number of piperidine rings is 1. The molecule has 1 N–H and O–H groups in total. The van der Waals surface area contributed by atoms with Crippen molar-refractivity contribution in [2.24, 2.45) is 11.8 Å². The predicted octanol–water partition coefficient (Wildman–Crippen LogP) is 5.01. The van der Waals surface area contributed by atoms with Crippen LogP contribution in [0.5, 0.6) is 0 Å². The van der Waals surface area contributed by atoms with Gasteiger partial charge in [-0.2, -0.15) is 9.61 Å². The van der Waals surface area contributed by atoms with Crippen LogP contribution >= 0.6 is 0 Å². The molecular weight excluding hydrogens is 499 g/mol. The normalized spacial score (nSPS) is 17.8. The van der Waals surface area contributed by atoms with Crippen molar-refractivity contribution in [2.45, 2.75) is 53.0 Å². The van der Waals surface area contributed by atoms with E-state index in [9.17, 15) is 22.8 Å². The maximum Gasteiger partial charge on any atom is 0.303 e. The number of fused-ring (bicyclic) bond motifs is 1. The molecule has 1 aromatic carbocycles. The van der Waals surface area contributed by atoms with Gasteiger partial charge in [0.2, 0.25) is 0 Å². The molecule has 0 radical (unpaired) electrons. The van der Waals surface area contributed by atoms with Crippen LogP contribution in [0.15, 0.2) is 24.3 Å². The Kier molecular flexibility index (Phi) is 7.94. The molecule has 0 saturated carbocycles. The summed E-state index contributed by atoms with van der Waals surface area (Å²) >= 11 is 0. The highest BCUT2D eigenvalue weighted by Gasteiger charge is 2.32. The lowest BCUT2D eigenvalue weighted by Crippen LogP contribution is -2.43. The molecule has 0 spiro atoms. The third kappa shape index (κ3) is 5.46. The van der Waals surface area contributed by atoms with Gasteiger partial charge in [-0.15, -0.1) is 0 Å². The second-order valence-electron chi connectivity index (χ2n) is 10.2. The Morgan fingerprint density at radius 2 is 1.84 bits per heavy atom. The number of carboxylic acid groups (broad SMARTS) is 1. The number of carboxylic acids is 1. The van der Waals surface area contributed by atoms with E-state index in [2.05, 4.69) is 15.0 Å². The first-order chi connectivity index (χ1) is 18.0. The summed E-state index contributed by atoms with van der Waals surface area (Å²) in [5.74, 6) is -4.73. The van der Waals surface area contributed by atoms with Crippen molar-refractivity contribution < 1.29 is 27.9 Å². The topological polar surface area (TPSA) is 91.0 Å². The van der Waals surface area contributed by atoms with Crippen molar-refractivity contribution in [3.8, 4) is 11.3 Å². The summed E-state index contributed by atoms with van der Waals surface area (Å²) in [7, 11) is 0. The zero-order chi connectivity index (χ0) is 27.7. The number of hydrogen-bond donors (Lipinski definition) is 1. The lowest BCUT2D eigenvalue weighted by Gasteiger charge is -2.36. The predicted molar refractivity (Wildman–Crippen MR) is 136 cm³/mol. The second-order valence-corrected chi connectivity index (χ2v) is 10.2. The summed E-state index contributed by atoms with van der Waals surface area (Å²) in [5.41, 5.74) is 0.751. The average molecular weight is 532 g/mol. The molecule has 3 heterocycles. The van der Waals surface area contributed by atoms with Crippen molar-refractivity contribution >= 4 is 23.3 Å². The molecular formula is C27H32F3N5O3. The second kappa shape index (κ2) is 11.0. The van der Waals surface area contributed by atoms with E-state index in [4.69, 9.17) is 5.11 Å². The molecule has 0 bridgehead atoms. The third-order valence-electron chi connectivity index (χ3n) is 7.10. The van der Waals surface area contributed by atoms with Gasteiger partial charge in [-0.05, 0) is 50.7 Å². The fraction of sp³-hybridized carbons (Fsp3) is 0.481. The molecule has 204 valence electrons. The van der Waals surface area contributed by atoms with E-state index >= 15 is 0 Å². The Bertz CT molecular complexity index is 1340. The smallest absolute Gasteiger partial charge is 0.303 e. The van der Waals surface area contributed by atoms with Gasteiger partial charge in [0.1, 0.15) is 5.82 Å². The van der Waals surface area contributed by atoms with Gasteiger partial charge in [0.15, 0.2) is 28.8 Å². The molecule has 1 aliphatic rings. The first-order valence-electron chi connectivity index (χ1n) is 12.8. The maximum atomic E-state index is 14.0. The molecule has 1 saturated heterocycles. The van der Waals surface area contributed by atoms with Crippen LogP contribution in [0.1, 0.15) is 57.4 Å². The van der Waals surface area contributed by atoms with Crippen molar-refractivity contribution in [1.82, 2.24) is 19.5 Å². The summed E-state index contributed by atoms with van der Waals surface area (Å²) < 4.78 is 43.2. The number of likely N-dealkylation sites (tertiary alicyclic amines) is 1. The Hall–Kier alpha value is -3.63. The standard InChI is InChI=1S/C27H32F3N5O3/c1-5-7-34(15(2)3)24-13-21(18-9-19(28)26(30)20(29)10-18)31-23-12-22(32-35(23)24)27(38)33-8-6-17(11-25(36)37)16(4)14-33/h9-10,12-13,15-17H,5-8,11,14H2,1-4H3,(H,36,37)/t16-,17-/m0/s1. The minimum Gasteiger partial charge on any atom is -0.481 e. The van der Waals surface area contributed by atoms with E-state index in [-0.39, 0.29) is 47.2 Å². The molecule has 4 rings (SSSR count). The first kappa shape index (κ1) is 27.4. The highest BCUT2D eigenvalue weighted by molar-refractivity contribution is 5.93. The number of nitrogens with zero attached hydrogens (tertiary/aromatic N) is 5. The zero-order valence-electron chi connectivity index (χ0n) is 21.9. The minimum absolute atomic E-state index is 0.00131. The molecule has 2 atom stereocenters. The summed E-state index contributed by atoms with van der Waals surface area (Å²) in [6.07, 6.45) is 1.47. The Morgan fingerprint density at radius 1 is 1.16 bits per heavy atom. The number of aromatic nitrogens is 3. The van der Waals surface area contributed by atoms with E-state index in [0.717, 1.165) is 18.6 Å². The van der Waals surface area contributed by atoms with Crippen LogP contribution in [0.25, 0.3) is 16.9 Å². The van der Waals surface area contributed by atoms with E-state index in [1.165, 1.54) is 6.07 Å². The summed E-state index contributed by atoms with van der Waals surface area (Å²) in [5, 5.41) is 13.7. The van der Waals surface area contributed by atoms with Crippen LogP contribution in [0, 0.1) is 29.3 Å². The molecule has 1 fully saturated rings. The van der Waals surface area contributed by atoms with Crippen molar-refractivity contribution in [3.63, 3.8) is 0 Å². The average Bonchev–Trinajstić information content (AvgIpc) is 3.29. The molecule has 3 aromatic rings. The number of rotatable bonds is 8. The van der Waals surface area contributed by atoms with Crippen LogP contribution in [0.3, 0.4) is 0 Å². The number of carbonyl (C=O) groups excluding carboxylic acids is 1. The molecule has 0 aliphatic carbocycles. The van der Waals surface area contributed by atoms with E-state index in [0.29, 0.717) is 37.5 Å². The van der Waals surface area contributed by atoms with Gasteiger partial charge in [-0.1, -0.05) is 13.8 Å². The molecule has 8 nitrogen and oxygen atoms in total. The van der Waals surface area contributed by atoms with Gasteiger partial charge in [0.05, 0.1) is 5.69 Å². The largest absolute Gasteiger partial charge is 0.481 e. The van der Waals surface area contributed by atoms with Gasteiger partial charge in [0, 0.05) is 49.8 Å². The molecule has 2 aromatic heterocycles. The number of carbonyl (C=O) groups is 2. The number of amides is 1. The van der Waals surface area contributed by atoms with Crippen molar-refractivity contribution in [1.29, 1.82) is 0 Å². The Balaban J connectivity index is 1.76. The van der Waals surface area contributed by atoms with Crippen LogP contribution in [0.2, 0.25) is 0 Å². The summed E-state index contributed by atoms with van der Waals surface area (Å²) in [6.45, 7) is 9.44. The molecule has 0 unspecified atom stereocenters. The fourth-order valence-corrected chi connectivity index (χ4v) is 5.07. The molecule has 1 aliphatic heterocycles. The number of aliphatic carboxylic acids is 1. The minimum atomic E-state index is -1.55. The van der Waals surface area contributed by atoms with Crippen LogP contribution in [-0.4, -0.2) is 62.2 Å². The zero-order valence-corrected chi connectivity index (χ0v) is 21.9. The van der Waals surface area contributed by atoms with E-state index < -0.39 is 23.4 Å². The fourth-order valence-electron chi connectivity index (χ4n) is 5.07. The van der Waals surface area contributed by atoms with Crippen molar-refractivity contribution in [3.05, 3.63) is 47.4 Å². The lowest BCUT2D eigenvalue weighted by atomic mass is 9.84. The Morgan fingerprint density at radius 3 is 2.42 bits per heavy atom. The number of halogens is 3. The number of hydrogen-bond acceptors (Lipinski definition) is 5. The van der Waals surface area contributed by atoms with Gasteiger partial charge in [0.25, 0.3) is 5.91 Å². The highest BCUT2D eigenvalue weighted by Crippen LogP contribution is 2.30. The van der Waals surface area contributed by atoms with Crippen LogP contribution in [0.4, 0.5) is 19.0 Å². The van der Waals surface area contributed by atoms with Crippen LogP contribution < -0.4 is 4.90 Å². The number of anilines is 1. The van der Waals surface area contributed by atoms with E-state index in [1.807, 2.05) is 27.7 Å². The molecule has 38 heavy (non-hydrogen) atoms. The third-order valence-corrected chi connectivity index (χ3v) is 7.10. The summed E-state index contributed by atoms with van der Waals surface area (Å²) in [6, 6.07) is 4.99. The van der Waals surface area contributed by atoms with E-state index in [1.54, 1.807) is 15.5 Å². The quantitative estimate of drug-likeness (QED) is 0.411. The maximum absolute atomic E-state index is 14.0. The monoisotopic (exact) mass is 531 g/mol. The summed E-state index contributed by atoms with van der Waals surface area (Å²) in [4.78, 5) is 32.8. The van der Waals surface area contributed by atoms with Crippen LogP contribution in [-0.2, 0) is 4.79 Å². The first-order valence-corrected chi connectivity index (χ1v) is 12.8. The van der Waals surface area contributed by atoms with Gasteiger partial charge in [-0.3, -0.25) is 9.59 Å². The molecule has 1 amide bonds. The van der Waals surface area contributed by atoms with Gasteiger partial charge in [-0.25, -0.2) is 18.2 Å². The highest BCUT2D eigenvalue weighted by atomic mass is 19.2. The Labute approximate surface area is 219 Å². The van der Waals surface area contributed by atoms with Gasteiger partial charge < -0.3 is 14.9 Å². The molecule has 11 heteroatoms. The van der Waals surface area contributed by atoms with Gasteiger partial charge >= 0.3 is 5.97 Å². The van der Waals surface area contributed by atoms with Crippen molar-refractivity contribution in [2.75, 3.05) is 24.5 Å². The SMILES string of the molecule is CCCN(c1cc(-c2cc(F)c(F)c(F)c2)nc2cc(C(=O)N3CC[C@@H](CC(=O)O)[C@@H](C)C3)nn12)C(C)C. The number of benzene rings is 1.